The first-order valence-electron chi connectivity index (χ1n) is 5.87. The molecule has 2 heteroatoms. The lowest BCUT2D eigenvalue weighted by atomic mass is 10.1. The zero-order valence-electron chi connectivity index (χ0n) is 9.24. The van der Waals surface area contributed by atoms with Crippen molar-refractivity contribution in [1.82, 2.24) is 10.3 Å². The Balaban J connectivity index is 1.69. The number of rotatable bonds is 3. The molecule has 2 N–H and O–H groups in total. The average Bonchev–Trinajstić information content (AvgIpc) is 2.96. The number of fused-ring (bicyclic) bond motifs is 1. The molecule has 0 saturated heterocycles. The minimum Gasteiger partial charge on any atom is -0.364 e. The largest absolute Gasteiger partial charge is 0.364 e. The van der Waals surface area contributed by atoms with Crippen LogP contribution in [0.2, 0.25) is 0 Å². The number of nitrogens with one attached hydrogen (secondary N) is 2. The summed E-state index contributed by atoms with van der Waals surface area (Å²) in [5.41, 5.74) is 4.24. The highest BCUT2D eigenvalue weighted by atomic mass is 14.9. The third-order valence-corrected chi connectivity index (χ3v) is 3.33. The summed E-state index contributed by atoms with van der Waals surface area (Å²) in [6.07, 6.45) is 4.40. The van der Waals surface area contributed by atoms with Crippen molar-refractivity contribution in [3.05, 3.63) is 59.4 Å². The summed E-state index contributed by atoms with van der Waals surface area (Å²) in [4.78, 5) is 3.22. The molecule has 1 aliphatic carbocycles. The van der Waals surface area contributed by atoms with Crippen molar-refractivity contribution in [2.24, 2.45) is 0 Å². The Morgan fingerprint density at radius 2 is 2.12 bits per heavy atom. The maximum Gasteiger partial charge on any atom is 0.0362 e. The average molecular weight is 212 g/mol. The van der Waals surface area contributed by atoms with Gasteiger partial charge in [0.1, 0.15) is 0 Å². The van der Waals surface area contributed by atoms with E-state index in [1.807, 2.05) is 12.3 Å². The zero-order chi connectivity index (χ0) is 10.8. The minimum absolute atomic E-state index is 0.527. The third-order valence-electron chi connectivity index (χ3n) is 3.33. The molecule has 2 aromatic rings. The summed E-state index contributed by atoms with van der Waals surface area (Å²) >= 11 is 0. The van der Waals surface area contributed by atoms with Gasteiger partial charge in [-0.25, -0.2) is 0 Å². The van der Waals surface area contributed by atoms with Crippen molar-refractivity contribution in [2.45, 2.75) is 25.4 Å². The van der Waals surface area contributed by atoms with Crippen LogP contribution in [0.15, 0.2) is 42.6 Å². The molecule has 1 aliphatic rings. The van der Waals surface area contributed by atoms with Crippen LogP contribution in [-0.2, 0) is 13.0 Å². The molecule has 0 saturated carbocycles. The molecular formula is C14H16N2. The van der Waals surface area contributed by atoms with Gasteiger partial charge < -0.3 is 10.3 Å². The minimum atomic E-state index is 0.527. The van der Waals surface area contributed by atoms with Gasteiger partial charge in [0.25, 0.3) is 0 Å². The number of H-pyrrole nitrogens is 1. The maximum atomic E-state index is 3.61. The second-order valence-electron chi connectivity index (χ2n) is 4.37. The second-order valence-corrected chi connectivity index (χ2v) is 4.37. The van der Waals surface area contributed by atoms with E-state index in [2.05, 4.69) is 40.6 Å². The van der Waals surface area contributed by atoms with Gasteiger partial charge in [-0.3, -0.25) is 0 Å². The van der Waals surface area contributed by atoms with E-state index in [0.29, 0.717) is 6.04 Å². The third kappa shape index (κ3) is 1.76. The Hall–Kier alpha value is -1.54. The summed E-state index contributed by atoms with van der Waals surface area (Å²) in [6.45, 7) is 0.923. The molecule has 1 aromatic carbocycles. The van der Waals surface area contributed by atoms with Gasteiger partial charge in [0.2, 0.25) is 0 Å². The van der Waals surface area contributed by atoms with E-state index in [1.165, 1.54) is 29.7 Å². The monoisotopic (exact) mass is 212 g/mol. The van der Waals surface area contributed by atoms with E-state index >= 15 is 0 Å². The second kappa shape index (κ2) is 4.14. The van der Waals surface area contributed by atoms with E-state index in [4.69, 9.17) is 0 Å². The highest BCUT2D eigenvalue weighted by Gasteiger charge is 2.20. The molecule has 0 amide bonds. The summed E-state index contributed by atoms with van der Waals surface area (Å²) in [7, 11) is 0. The Morgan fingerprint density at radius 1 is 1.19 bits per heavy atom. The number of benzene rings is 1. The van der Waals surface area contributed by atoms with Crippen LogP contribution in [-0.4, -0.2) is 4.98 Å². The van der Waals surface area contributed by atoms with Gasteiger partial charge in [-0.15, -0.1) is 0 Å². The molecule has 1 atom stereocenters. The molecule has 0 radical (unpaired) electrons. The quantitative estimate of drug-likeness (QED) is 0.804. The molecule has 1 unspecified atom stereocenters. The molecule has 16 heavy (non-hydrogen) atoms. The molecule has 0 fully saturated rings. The highest BCUT2D eigenvalue weighted by Crippen LogP contribution is 2.30. The molecule has 1 heterocycles. The number of aryl methyl sites for hydroxylation is 1. The van der Waals surface area contributed by atoms with Crippen LogP contribution < -0.4 is 5.32 Å². The topological polar surface area (TPSA) is 27.8 Å². The van der Waals surface area contributed by atoms with E-state index in [1.54, 1.807) is 0 Å². The van der Waals surface area contributed by atoms with Gasteiger partial charge >= 0.3 is 0 Å². The van der Waals surface area contributed by atoms with Crippen molar-refractivity contribution >= 4 is 0 Å². The smallest absolute Gasteiger partial charge is 0.0362 e. The fourth-order valence-corrected chi connectivity index (χ4v) is 2.48. The van der Waals surface area contributed by atoms with Gasteiger partial charge in [-0.1, -0.05) is 24.3 Å². The first kappa shape index (κ1) is 9.67. The predicted molar refractivity (Wildman–Crippen MR) is 65.1 cm³/mol. The standard InChI is InChI=1S/C14H16N2/c1-2-6-13-11(4-1)7-8-14(13)16-10-12-5-3-9-15-12/h1-6,9,14-16H,7-8,10H2. The number of hydrogen-bond acceptors (Lipinski definition) is 1. The lowest BCUT2D eigenvalue weighted by Gasteiger charge is -2.13. The molecule has 0 bridgehead atoms. The van der Waals surface area contributed by atoms with Crippen LogP contribution in [0.5, 0.6) is 0 Å². The van der Waals surface area contributed by atoms with Gasteiger partial charge in [-0.05, 0) is 36.1 Å². The Labute approximate surface area is 95.7 Å². The SMILES string of the molecule is c1c[nH]c(CNC2CCc3ccccc32)c1. The lowest BCUT2D eigenvalue weighted by molar-refractivity contribution is 0.526. The molecule has 0 spiro atoms. The van der Waals surface area contributed by atoms with Crippen molar-refractivity contribution in [3.63, 3.8) is 0 Å². The molecule has 2 nitrogen and oxygen atoms in total. The van der Waals surface area contributed by atoms with Crippen molar-refractivity contribution in [3.8, 4) is 0 Å². The van der Waals surface area contributed by atoms with E-state index in [-0.39, 0.29) is 0 Å². The lowest BCUT2D eigenvalue weighted by Crippen LogP contribution is -2.18. The maximum absolute atomic E-state index is 3.61. The first-order chi connectivity index (χ1) is 7.93. The molecule has 0 aliphatic heterocycles. The van der Waals surface area contributed by atoms with E-state index in [9.17, 15) is 0 Å². The molecule has 82 valence electrons. The van der Waals surface area contributed by atoms with Crippen molar-refractivity contribution in [2.75, 3.05) is 0 Å². The van der Waals surface area contributed by atoms with Crippen LogP contribution in [0.1, 0.15) is 29.3 Å². The van der Waals surface area contributed by atoms with Crippen LogP contribution in [0.25, 0.3) is 0 Å². The Morgan fingerprint density at radius 3 is 3.00 bits per heavy atom. The van der Waals surface area contributed by atoms with Crippen LogP contribution >= 0.6 is 0 Å². The summed E-state index contributed by atoms with van der Waals surface area (Å²) in [6, 6.07) is 13.4. The van der Waals surface area contributed by atoms with E-state index in [0.717, 1.165) is 6.54 Å². The number of hydrogen-bond donors (Lipinski definition) is 2. The summed E-state index contributed by atoms with van der Waals surface area (Å²) in [5.74, 6) is 0. The van der Waals surface area contributed by atoms with E-state index < -0.39 is 0 Å². The van der Waals surface area contributed by atoms with Crippen LogP contribution in [0, 0.1) is 0 Å². The van der Waals surface area contributed by atoms with Crippen molar-refractivity contribution < 1.29 is 0 Å². The molecule has 1 aromatic heterocycles. The van der Waals surface area contributed by atoms with Gasteiger partial charge in [0, 0.05) is 24.5 Å². The van der Waals surface area contributed by atoms with Crippen LogP contribution in [0.3, 0.4) is 0 Å². The number of aromatic amines is 1. The fraction of sp³-hybridized carbons (Fsp3) is 0.286. The van der Waals surface area contributed by atoms with Gasteiger partial charge in [0.05, 0.1) is 0 Å². The molecular weight excluding hydrogens is 196 g/mol. The molecule has 3 rings (SSSR count). The zero-order valence-corrected chi connectivity index (χ0v) is 9.24. The van der Waals surface area contributed by atoms with Gasteiger partial charge in [-0.2, -0.15) is 0 Å². The Bertz CT molecular complexity index is 459. The first-order valence-corrected chi connectivity index (χ1v) is 5.87. The van der Waals surface area contributed by atoms with Crippen LogP contribution in [0.4, 0.5) is 0 Å². The summed E-state index contributed by atoms with van der Waals surface area (Å²) in [5, 5.41) is 3.61. The normalized spacial score (nSPS) is 18.6. The highest BCUT2D eigenvalue weighted by molar-refractivity contribution is 5.34. The predicted octanol–water partition coefficient (Wildman–Crippen LogP) is 2.79. The van der Waals surface area contributed by atoms with Crippen molar-refractivity contribution in [1.29, 1.82) is 0 Å². The van der Waals surface area contributed by atoms with Gasteiger partial charge in [0.15, 0.2) is 0 Å². The summed E-state index contributed by atoms with van der Waals surface area (Å²) < 4.78 is 0. The number of aromatic nitrogens is 1. The Kier molecular flexibility index (Phi) is 2.50. The fourth-order valence-electron chi connectivity index (χ4n) is 2.48.